The lowest BCUT2D eigenvalue weighted by Crippen LogP contribution is -2.27. The summed E-state index contributed by atoms with van der Waals surface area (Å²) in [5, 5.41) is 11.1. The number of anilines is 1. The average Bonchev–Trinajstić information content (AvgIpc) is 3.29. The van der Waals surface area contributed by atoms with Gasteiger partial charge in [0.25, 0.3) is 11.6 Å². The zero-order valence-electron chi connectivity index (χ0n) is 15.8. The Labute approximate surface area is 190 Å². The molecule has 0 atom stereocenters. The van der Waals surface area contributed by atoms with Crippen molar-refractivity contribution in [3.8, 4) is 11.3 Å². The third-order valence-electron chi connectivity index (χ3n) is 4.55. The molecule has 31 heavy (non-hydrogen) atoms. The highest BCUT2D eigenvalue weighted by atomic mass is 35.5. The number of thioether (sulfide) groups is 1. The number of thiocarbonyl (C=S) groups is 1. The molecule has 6 nitrogen and oxygen atoms in total. The minimum absolute atomic E-state index is 0.00530. The Morgan fingerprint density at radius 3 is 2.71 bits per heavy atom. The number of aryl methyl sites for hydroxylation is 1. The number of benzene rings is 2. The van der Waals surface area contributed by atoms with Crippen LogP contribution >= 0.6 is 35.6 Å². The monoisotopic (exact) mass is 474 g/mol. The van der Waals surface area contributed by atoms with E-state index in [2.05, 4.69) is 0 Å². The third kappa shape index (κ3) is 4.12. The van der Waals surface area contributed by atoms with E-state index in [1.807, 2.05) is 0 Å². The zero-order valence-corrected chi connectivity index (χ0v) is 18.2. The summed E-state index contributed by atoms with van der Waals surface area (Å²) in [5.41, 5.74) is 1.45. The van der Waals surface area contributed by atoms with Crippen molar-refractivity contribution in [3.05, 3.63) is 85.7 Å². The van der Waals surface area contributed by atoms with Gasteiger partial charge in [0.1, 0.15) is 17.3 Å². The van der Waals surface area contributed by atoms with Gasteiger partial charge in [-0.1, -0.05) is 47.7 Å². The number of hydrogen-bond donors (Lipinski definition) is 0. The van der Waals surface area contributed by atoms with Crippen LogP contribution in [-0.4, -0.2) is 15.2 Å². The summed E-state index contributed by atoms with van der Waals surface area (Å²) in [7, 11) is 0. The van der Waals surface area contributed by atoms with Crippen molar-refractivity contribution < 1.29 is 18.5 Å². The number of nitro groups is 1. The fourth-order valence-corrected chi connectivity index (χ4v) is 4.44. The summed E-state index contributed by atoms with van der Waals surface area (Å²) in [6.07, 6.45) is 1.54. The largest absolute Gasteiger partial charge is 0.457 e. The van der Waals surface area contributed by atoms with E-state index in [0.29, 0.717) is 33.2 Å². The summed E-state index contributed by atoms with van der Waals surface area (Å²) in [4.78, 5) is 25.2. The Morgan fingerprint density at radius 2 is 2.00 bits per heavy atom. The van der Waals surface area contributed by atoms with Crippen LogP contribution in [0.5, 0.6) is 0 Å². The Balaban J connectivity index is 1.62. The zero-order chi connectivity index (χ0) is 22.3. The quantitative estimate of drug-likeness (QED) is 0.189. The fourth-order valence-electron chi connectivity index (χ4n) is 2.99. The molecule has 1 aliphatic heterocycles. The van der Waals surface area contributed by atoms with Gasteiger partial charge in [-0.2, -0.15) is 0 Å². The van der Waals surface area contributed by atoms with Crippen molar-refractivity contribution in [2.24, 2.45) is 0 Å². The van der Waals surface area contributed by atoms with Gasteiger partial charge in [0.2, 0.25) is 0 Å². The van der Waals surface area contributed by atoms with Gasteiger partial charge >= 0.3 is 0 Å². The van der Waals surface area contributed by atoms with Crippen molar-refractivity contribution in [2.45, 2.75) is 6.92 Å². The van der Waals surface area contributed by atoms with Gasteiger partial charge in [0.15, 0.2) is 4.32 Å². The lowest BCUT2D eigenvalue weighted by atomic mass is 10.1. The molecule has 4 rings (SSSR count). The van der Waals surface area contributed by atoms with Crippen LogP contribution in [-0.2, 0) is 4.79 Å². The number of furan rings is 1. The minimum atomic E-state index is -0.592. The first-order chi connectivity index (χ1) is 14.7. The Hall–Kier alpha value is -3.01. The van der Waals surface area contributed by atoms with Crippen molar-refractivity contribution >= 4 is 63.3 Å². The molecule has 1 amide bonds. The first-order valence-corrected chi connectivity index (χ1v) is 10.4. The van der Waals surface area contributed by atoms with Gasteiger partial charge in [-0.3, -0.25) is 19.8 Å². The highest BCUT2D eigenvalue weighted by molar-refractivity contribution is 8.27. The molecule has 0 N–H and O–H groups in total. The van der Waals surface area contributed by atoms with Crippen molar-refractivity contribution in [1.29, 1.82) is 0 Å². The summed E-state index contributed by atoms with van der Waals surface area (Å²) in [5.74, 6) is -0.168. The number of carbonyl (C=O) groups excluding carboxylic acids is 1. The van der Waals surface area contributed by atoms with Crippen LogP contribution in [0.4, 0.5) is 15.8 Å². The second-order valence-corrected chi connectivity index (χ2v) is 8.66. The highest BCUT2D eigenvalue weighted by Gasteiger charge is 2.34. The van der Waals surface area contributed by atoms with Crippen LogP contribution in [0.2, 0.25) is 5.02 Å². The van der Waals surface area contributed by atoms with Crippen molar-refractivity contribution in [3.63, 3.8) is 0 Å². The van der Waals surface area contributed by atoms with Crippen LogP contribution in [0.15, 0.2) is 57.9 Å². The maximum atomic E-state index is 13.4. The second-order valence-electron chi connectivity index (χ2n) is 6.58. The maximum absolute atomic E-state index is 13.4. The predicted molar refractivity (Wildman–Crippen MR) is 123 cm³/mol. The molecule has 10 heteroatoms. The summed E-state index contributed by atoms with van der Waals surface area (Å²) < 4.78 is 19.5. The minimum Gasteiger partial charge on any atom is -0.457 e. The highest BCUT2D eigenvalue weighted by Crippen LogP contribution is 2.38. The first kappa shape index (κ1) is 21.2. The molecular weight excluding hydrogens is 463 g/mol. The maximum Gasteiger partial charge on any atom is 0.273 e. The topological polar surface area (TPSA) is 76.6 Å². The number of amides is 1. The second kappa shape index (κ2) is 8.26. The van der Waals surface area contributed by atoms with E-state index in [0.717, 1.165) is 11.8 Å². The number of nitrogens with zero attached hydrogens (tertiary/aromatic N) is 2. The van der Waals surface area contributed by atoms with Crippen LogP contribution in [0.3, 0.4) is 0 Å². The predicted octanol–water partition coefficient (Wildman–Crippen LogP) is 6.36. The molecule has 0 aliphatic carbocycles. The van der Waals surface area contributed by atoms with Gasteiger partial charge in [0, 0.05) is 23.3 Å². The van der Waals surface area contributed by atoms with E-state index in [1.165, 1.54) is 35.2 Å². The van der Waals surface area contributed by atoms with Crippen LogP contribution in [0, 0.1) is 22.9 Å². The average molecular weight is 475 g/mol. The molecule has 3 aromatic rings. The molecular formula is C21H12ClFN2O4S2. The molecule has 156 valence electrons. The van der Waals surface area contributed by atoms with Gasteiger partial charge < -0.3 is 4.42 Å². The molecule has 0 unspecified atom stereocenters. The molecule has 1 aromatic heterocycles. The van der Waals surface area contributed by atoms with Gasteiger partial charge in [-0.25, -0.2) is 4.39 Å². The Bertz CT molecular complexity index is 1290. The van der Waals surface area contributed by atoms with E-state index in [-0.39, 0.29) is 20.9 Å². The van der Waals surface area contributed by atoms with E-state index >= 15 is 0 Å². The normalized spacial score (nSPS) is 15.2. The van der Waals surface area contributed by atoms with Gasteiger partial charge in [-0.05, 0) is 37.3 Å². The number of hydrogen-bond acceptors (Lipinski definition) is 6. The number of rotatable bonds is 4. The smallest absolute Gasteiger partial charge is 0.273 e. The van der Waals surface area contributed by atoms with Crippen LogP contribution < -0.4 is 4.90 Å². The molecule has 1 fully saturated rings. The number of carbonyl (C=O) groups is 1. The Morgan fingerprint density at radius 1 is 1.23 bits per heavy atom. The Kier molecular flexibility index (Phi) is 5.65. The van der Waals surface area contributed by atoms with Crippen LogP contribution in [0.25, 0.3) is 17.4 Å². The third-order valence-corrected chi connectivity index (χ3v) is 6.14. The SMILES string of the molecule is Cc1ccc(-c2ccc(/C=C3/SC(=S)N(c4ccc(F)c(Cl)c4)C3=O)o2)cc1[N+](=O)[O-]. The molecule has 0 bridgehead atoms. The number of halogens is 2. The molecule has 1 saturated heterocycles. The molecule has 2 heterocycles. The summed E-state index contributed by atoms with van der Waals surface area (Å²) in [6.45, 7) is 1.66. The summed E-state index contributed by atoms with van der Waals surface area (Å²) in [6, 6.07) is 12.1. The first-order valence-electron chi connectivity index (χ1n) is 8.83. The van der Waals surface area contributed by atoms with E-state index in [4.69, 9.17) is 28.2 Å². The molecule has 0 saturated carbocycles. The van der Waals surface area contributed by atoms with Crippen LogP contribution in [0.1, 0.15) is 11.3 Å². The van der Waals surface area contributed by atoms with Gasteiger partial charge in [-0.15, -0.1) is 0 Å². The molecule has 0 spiro atoms. The van der Waals surface area contributed by atoms with Gasteiger partial charge in [0.05, 0.1) is 20.5 Å². The lowest BCUT2D eigenvalue weighted by Gasteiger charge is -2.14. The molecule has 1 aliphatic rings. The molecule has 0 radical (unpaired) electrons. The standard InChI is InChI=1S/C21H12ClFN2O4S2/c1-11-2-3-12(8-17(11)25(27)28)18-7-5-14(29-18)10-19-20(26)24(21(30)31-19)13-4-6-16(23)15(22)9-13/h2-10H,1H3/b19-10+. The van der Waals surface area contributed by atoms with E-state index in [1.54, 1.807) is 31.2 Å². The van der Waals surface area contributed by atoms with Crippen molar-refractivity contribution in [1.82, 2.24) is 0 Å². The molecule has 2 aromatic carbocycles. The lowest BCUT2D eigenvalue weighted by molar-refractivity contribution is -0.385. The summed E-state index contributed by atoms with van der Waals surface area (Å²) >= 11 is 12.2. The number of nitro benzene ring substituents is 1. The van der Waals surface area contributed by atoms with Crippen molar-refractivity contribution in [2.75, 3.05) is 4.90 Å². The van der Waals surface area contributed by atoms with E-state index in [9.17, 15) is 19.3 Å². The van der Waals surface area contributed by atoms with E-state index < -0.39 is 10.7 Å². The fraction of sp³-hybridized carbons (Fsp3) is 0.0476.